The first kappa shape index (κ1) is 28.9. The molecule has 224 valence electrons. The maximum Gasteiger partial charge on any atom is 0.323 e. The molecule has 5 aromatic rings. The van der Waals surface area contributed by atoms with Crippen LogP contribution >= 0.6 is 0 Å². The van der Waals surface area contributed by atoms with Gasteiger partial charge in [-0.05, 0) is 74.0 Å². The Balaban J connectivity index is 1.29. The smallest absolute Gasteiger partial charge is 0.323 e. The van der Waals surface area contributed by atoms with Gasteiger partial charge in [-0.25, -0.2) is 23.5 Å². The molecule has 0 saturated carbocycles. The zero-order chi connectivity index (χ0) is 30.8. The fourth-order valence-corrected chi connectivity index (χ4v) is 5.08. The number of hydrogen-bond donors (Lipinski definition) is 2. The van der Waals surface area contributed by atoms with Crippen LogP contribution in [0.15, 0.2) is 71.1 Å². The number of anilines is 3. The predicted octanol–water partition coefficient (Wildman–Crippen LogP) is 6.76. The summed E-state index contributed by atoms with van der Waals surface area (Å²) in [6.45, 7) is 5.38. The van der Waals surface area contributed by atoms with E-state index in [0.29, 0.717) is 72.2 Å². The third-order valence-corrected chi connectivity index (χ3v) is 7.22. The van der Waals surface area contributed by atoms with Crippen molar-refractivity contribution in [2.45, 2.75) is 20.3 Å². The van der Waals surface area contributed by atoms with Crippen LogP contribution in [0.5, 0.6) is 0 Å². The molecule has 0 unspecified atom stereocenters. The van der Waals surface area contributed by atoms with Crippen molar-refractivity contribution in [1.82, 2.24) is 9.97 Å². The minimum atomic E-state index is -0.683. The number of carbonyl (C=O) groups excluding carboxylic acids is 2. The van der Waals surface area contributed by atoms with E-state index in [1.807, 2.05) is 4.90 Å². The Labute approximate surface area is 251 Å². The van der Waals surface area contributed by atoms with Gasteiger partial charge in [-0.2, -0.15) is 0 Å². The Hall–Kier alpha value is -5.16. The first-order chi connectivity index (χ1) is 21.2. The van der Waals surface area contributed by atoms with E-state index in [4.69, 9.17) is 14.1 Å². The van der Waals surface area contributed by atoms with E-state index < -0.39 is 17.7 Å². The molecule has 3 heterocycles. The number of hydrogen-bond acceptors (Lipinski definition) is 7. The number of ketones is 1. The number of urea groups is 1. The molecule has 9 nitrogen and oxygen atoms in total. The van der Waals surface area contributed by atoms with Crippen LogP contribution in [0.3, 0.4) is 0 Å². The van der Waals surface area contributed by atoms with Crippen LogP contribution in [0.4, 0.5) is 30.8 Å². The molecule has 1 saturated heterocycles. The number of morpholine rings is 1. The molecule has 2 N–H and O–H groups in total. The highest BCUT2D eigenvalue weighted by Gasteiger charge is 2.21. The standard InChI is InChI=1S/C33H29F2N5O4/c1-19(41)15-21-4-7-23(8-5-21)36-33(42)38-28-9-6-22(16-27(28)35)31-37-29-18-24(30-10-3-20(2)44-30)26(34)17-25(29)32(39-31)40-11-13-43-14-12-40/h3-10,16-18H,11-15H2,1-2H3,(H2,36,38,42). The van der Waals surface area contributed by atoms with Crippen molar-refractivity contribution in [1.29, 1.82) is 0 Å². The van der Waals surface area contributed by atoms with Gasteiger partial charge in [-0.15, -0.1) is 0 Å². The highest BCUT2D eigenvalue weighted by Crippen LogP contribution is 2.34. The van der Waals surface area contributed by atoms with Gasteiger partial charge >= 0.3 is 6.03 Å². The first-order valence-corrected chi connectivity index (χ1v) is 14.1. The van der Waals surface area contributed by atoms with Crippen molar-refractivity contribution in [3.8, 4) is 22.7 Å². The largest absolute Gasteiger partial charge is 0.461 e. The topological polar surface area (TPSA) is 110 Å². The molecule has 6 rings (SSSR count). The van der Waals surface area contributed by atoms with Crippen LogP contribution in [-0.4, -0.2) is 48.1 Å². The highest BCUT2D eigenvalue weighted by molar-refractivity contribution is 6.00. The molecular weight excluding hydrogens is 568 g/mol. The van der Waals surface area contributed by atoms with Gasteiger partial charge in [0.25, 0.3) is 0 Å². The van der Waals surface area contributed by atoms with Gasteiger partial charge in [0.1, 0.15) is 34.8 Å². The molecule has 11 heteroatoms. The van der Waals surface area contributed by atoms with Crippen LogP contribution in [-0.2, 0) is 16.0 Å². The number of fused-ring (bicyclic) bond motifs is 1. The number of ether oxygens (including phenoxy) is 1. The molecule has 1 aliphatic rings. The number of benzene rings is 3. The summed E-state index contributed by atoms with van der Waals surface area (Å²) < 4.78 is 41.8. The lowest BCUT2D eigenvalue weighted by atomic mass is 10.1. The summed E-state index contributed by atoms with van der Waals surface area (Å²) in [4.78, 5) is 35.3. The molecule has 2 aromatic heterocycles. The van der Waals surface area contributed by atoms with Crippen molar-refractivity contribution in [3.63, 3.8) is 0 Å². The fraction of sp³-hybridized carbons (Fsp3) is 0.212. The second kappa shape index (κ2) is 12.2. The maximum atomic E-state index is 15.3. The van der Waals surface area contributed by atoms with Crippen molar-refractivity contribution in [2.24, 2.45) is 0 Å². The summed E-state index contributed by atoms with van der Waals surface area (Å²) in [5.74, 6) is 0.676. The quantitative estimate of drug-likeness (QED) is 0.213. The van der Waals surface area contributed by atoms with Crippen LogP contribution in [0.25, 0.3) is 33.6 Å². The average molecular weight is 598 g/mol. The molecule has 1 fully saturated rings. The van der Waals surface area contributed by atoms with Crippen LogP contribution in [0.1, 0.15) is 18.2 Å². The molecule has 3 aromatic carbocycles. The third kappa shape index (κ3) is 6.28. The summed E-state index contributed by atoms with van der Waals surface area (Å²) in [7, 11) is 0. The summed E-state index contributed by atoms with van der Waals surface area (Å²) in [5, 5.41) is 5.69. The monoisotopic (exact) mass is 597 g/mol. The Morgan fingerprint density at radius 3 is 2.36 bits per heavy atom. The molecule has 1 aliphatic heterocycles. The Kier molecular flexibility index (Phi) is 8.03. The van der Waals surface area contributed by atoms with Crippen molar-refractivity contribution >= 4 is 39.9 Å². The van der Waals surface area contributed by atoms with Gasteiger partial charge in [0, 0.05) is 36.1 Å². The second-order valence-corrected chi connectivity index (χ2v) is 10.6. The highest BCUT2D eigenvalue weighted by atomic mass is 19.1. The zero-order valence-electron chi connectivity index (χ0n) is 24.1. The van der Waals surface area contributed by atoms with Gasteiger partial charge in [-0.3, -0.25) is 4.79 Å². The molecule has 44 heavy (non-hydrogen) atoms. The van der Waals surface area contributed by atoms with Gasteiger partial charge < -0.3 is 24.7 Å². The predicted molar refractivity (Wildman–Crippen MR) is 164 cm³/mol. The van der Waals surface area contributed by atoms with Gasteiger partial charge in [0.05, 0.1) is 30.0 Å². The van der Waals surface area contributed by atoms with E-state index in [1.165, 1.54) is 25.1 Å². The summed E-state index contributed by atoms with van der Waals surface area (Å²) in [5.41, 5.74) is 2.39. The number of aromatic nitrogens is 2. The molecule has 0 atom stereocenters. The number of rotatable bonds is 7. The average Bonchev–Trinajstić information content (AvgIpc) is 3.44. The fourth-order valence-electron chi connectivity index (χ4n) is 5.08. The van der Waals surface area contributed by atoms with Crippen LogP contribution in [0.2, 0.25) is 0 Å². The lowest BCUT2D eigenvalue weighted by Gasteiger charge is -2.29. The lowest BCUT2D eigenvalue weighted by Crippen LogP contribution is -2.37. The summed E-state index contributed by atoms with van der Waals surface area (Å²) in [6, 6.07) is 17.0. The van der Waals surface area contributed by atoms with E-state index in [0.717, 1.165) is 5.56 Å². The minimum absolute atomic E-state index is 0.0359. The van der Waals surface area contributed by atoms with E-state index >= 15 is 8.78 Å². The van der Waals surface area contributed by atoms with E-state index in [-0.39, 0.29) is 22.9 Å². The SMILES string of the molecule is CC(=O)Cc1ccc(NC(=O)Nc2ccc(-c3nc(N4CCOCC4)c4cc(F)c(-c5ccc(C)o5)cc4n3)cc2F)cc1. The molecule has 0 bridgehead atoms. The molecule has 0 radical (unpaired) electrons. The number of halogens is 2. The van der Waals surface area contributed by atoms with Crippen molar-refractivity contribution < 1.29 is 27.5 Å². The Morgan fingerprint density at radius 2 is 1.68 bits per heavy atom. The first-order valence-electron chi connectivity index (χ1n) is 14.1. The van der Waals surface area contributed by atoms with Gasteiger partial charge in [0.2, 0.25) is 0 Å². The molecule has 0 aliphatic carbocycles. The number of nitrogens with one attached hydrogen (secondary N) is 2. The second-order valence-electron chi connectivity index (χ2n) is 10.6. The Bertz CT molecular complexity index is 1870. The maximum absolute atomic E-state index is 15.3. The van der Waals surface area contributed by atoms with Crippen LogP contribution < -0.4 is 15.5 Å². The molecular formula is C33H29F2N5O4. The lowest BCUT2D eigenvalue weighted by molar-refractivity contribution is -0.116. The van der Waals surface area contributed by atoms with Crippen molar-refractivity contribution in [2.75, 3.05) is 41.8 Å². The Morgan fingerprint density at radius 1 is 0.909 bits per heavy atom. The minimum Gasteiger partial charge on any atom is -0.461 e. The third-order valence-electron chi connectivity index (χ3n) is 7.22. The number of aryl methyl sites for hydroxylation is 1. The van der Waals surface area contributed by atoms with Crippen LogP contribution in [0, 0.1) is 18.6 Å². The summed E-state index contributed by atoms with van der Waals surface area (Å²) >= 11 is 0. The number of Topliss-reactive ketones (excluding diaryl/α,β-unsaturated/α-hetero) is 1. The number of carbonyl (C=O) groups is 2. The molecule has 0 spiro atoms. The van der Waals surface area contributed by atoms with Gasteiger partial charge in [0.15, 0.2) is 5.82 Å². The summed E-state index contributed by atoms with van der Waals surface area (Å²) in [6.07, 6.45) is 0.306. The number of amides is 2. The molecule has 2 amide bonds. The number of furan rings is 1. The van der Waals surface area contributed by atoms with Crippen molar-refractivity contribution in [3.05, 3.63) is 89.7 Å². The normalized spacial score (nSPS) is 13.2. The van der Waals surface area contributed by atoms with E-state index in [2.05, 4.69) is 15.6 Å². The van der Waals surface area contributed by atoms with Gasteiger partial charge in [-0.1, -0.05) is 12.1 Å². The zero-order valence-corrected chi connectivity index (χ0v) is 24.1. The number of nitrogens with zero attached hydrogens (tertiary/aromatic N) is 3. The van der Waals surface area contributed by atoms with E-state index in [9.17, 15) is 9.59 Å². The van der Waals surface area contributed by atoms with E-state index in [1.54, 1.807) is 55.5 Å².